The first-order chi connectivity index (χ1) is 12.1. The highest BCUT2D eigenvalue weighted by atomic mass is 15.3. The molecule has 4 N–H and O–H groups in total. The molecule has 2 aromatic carbocycles. The Morgan fingerprint density at radius 2 is 1.72 bits per heavy atom. The van der Waals surface area contributed by atoms with E-state index in [0.717, 1.165) is 29.3 Å². The van der Waals surface area contributed by atoms with Crippen molar-refractivity contribution in [2.75, 3.05) is 24.6 Å². The second-order valence-corrected chi connectivity index (χ2v) is 5.39. The molecule has 0 aromatic heterocycles. The molecule has 25 heavy (non-hydrogen) atoms. The molecular formula is C19H24N6. The van der Waals surface area contributed by atoms with Gasteiger partial charge in [-0.2, -0.15) is 0 Å². The third-order valence-electron chi connectivity index (χ3n) is 3.37. The fraction of sp³-hybridized carbons (Fsp3) is 0.158. The smallest absolute Gasteiger partial charge is 0.147 e. The number of hydrogen-bond acceptors (Lipinski definition) is 6. The highest BCUT2D eigenvalue weighted by molar-refractivity contribution is 5.63. The standard InChI is InChI=1S/C19H24N6/c1-4-21-13-14-25(3)15(2)23-24-19-11-9-18(10-12-19)22-17-7-5-16(20)6-8-17/h5-14,21-22H,2,4,20H2,1,3H3. The number of azo groups is 1. The predicted molar refractivity (Wildman–Crippen MR) is 105 cm³/mol. The Hall–Kier alpha value is -3.28. The minimum absolute atomic E-state index is 0.554. The Kier molecular flexibility index (Phi) is 6.59. The fourth-order valence-corrected chi connectivity index (χ4v) is 1.90. The first-order valence-corrected chi connectivity index (χ1v) is 8.04. The quantitative estimate of drug-likeness (QED) is 0.487. The van der Waals surface area contributed by atoms with Crippen LogP contribution in [-0.4, -0.2) is 18.5 Å². The summed E-state index contributed by atoms with van der Waals surface area (Å²) in [7, 11) is 1.87. The van der Waals surface area contributed by atoms with Gasteiger partial charge in [0.05, 0.1) is 5.69 Å². The number of nitrogens with zero attached hydrogens (tertiary/aromatic N) is 3. The first kappa shape index (κ1) is 18.1. The average Bonchev–Trinajstić information content (AvgIpc) is 2.63. The van der Waals surface area contributed by atoms with Crippen molar-refractivity contribution >= 4 is 22.7 Å². The molecule has 0 unspecified atom stereocenters. The van der Waals surface area contributed by atoms with E-state index in [0.29, 0.717) is 5.82 Å². The number of benzene rings is 2. The Labute approximate surface area is 148 Å². The van der Waals surface area contributed by atoms with Crippen LogP contribution in [0.15, 0.2) is 83.6 Å². The topological polar surface area (TPSA) is 78.0 Å². The molecule has 0 heterocycles. The van der Waals surface area contributed by atoms with Crippen molar-refractivity contribution in [3.8, 4) is 0 Å². The van der Waals surface area contributed by atoms with E-state index in [1.54, 1.807) is 4.90 Å². The second kappa shape index (κ2) is 9.12. The molecule has 0 aliphatic heterocycles. The van der Waals surface area contributed by atoms with Gasteiger partial charge in [-0.05, 0) is 55.5 Å². The molecule has 0 radical (unpaired) electrons. The minimum atomic E-state index is 0.554. The Morgan fingerprint density at radius 1 is 1.12 bits per heavy atom. The largest absolute Gasteiger partial charge is 0.399 e. The predicted octanol–water partition coefficient (Wildman–Crippen LogP) is 4.58. The zero-order valence-corrected chi connectivity index (χ0v) is 14.6. The normalized spacial score (nSPS) is 11.0. The van der Waals surface area contributed by atoms with E-state index in [1.807, 2.05) is 74.9 Å². The fourth-order valence-electron chi connectivity index (χ4n) is 1.90. The van der Waals surface area contributed by atoms with Crippen molar-refractivity contribution in [2.45, 2.75) is 6.92 Å². The Morgan fingerprint density at radius 3 is 2.32 bits per heavy atom. The molecule has 0 saturated carbocycles. The summed E-state index contributed by atoms with van der Waals surface area (Å²) in [5.74, 6) is 0.554. The van der Waals surface area contributed by atoms with Crippen molar-refractivity contribution in [1.29, 1.82) is 0 Å². The van der Waals surface area contributed by atoms with E-state index in [2.05, 4.69) is 27.4 Å². The lowest BCUT2D eigenvalue weighted by Crippen LogP contribution is -2.10. The summed E-state index contributed by atoms with van der Waals surface area (Å²) in [5, 5.41) is 14.7. The van der Waals surface area contributed by atoms with E-state index < -0.39 is 0 Å². The van der Waals surface area contributed by atoms with Gasteiger partial charge in [0.2, 0.25) is 0 Å². The zero-order chi connectivity index (χ0) is 18.1. The maximum atomic E-state index is 5.68. The van der Waals surface area contributed by atoms with Crippen LogP contribution in [-0.2, 0) is 0 Å². The molecule has 0 aliphatic rings. The third kappa shape index (κ3) is 6.02. The summed E-state index contributed by atoms with van der Waals surface area (Å²) in [6, 6.07) is 15.3. The van der Waals surface area contributed by atoms with Gasteiger partial charge < -0.3 is 21.3 Å². The van der Waals surface area contributed by atoms with Crippen LogP contribution in [0.2, 0.25) is 0 Å². The van der Waals surface area contributed by atoms with Crippen molar-refractivity contribution in [3.05, 3.63) is 73.3 Å². The van der Waals surface area contributed by atoms with Gasteiger partial charge in [-0.3, -0.25) is 0 Å². The number of anilines is 3. The molecule has 0 saturated heterocycles. The van der Waals surface area contributed by atoms with Gasteiger partial charge in [-0.15, -0.1) is 10.2 Å². The molecule has 0 amide bonds. The van der Waals surface area contributed by atoms with E-state index in [4.69, 9.17) is 5.73 Å². The van der Waals surface area contributed by atoms with Crippen LogP contribution >= 0.6 is 0 Å². The van der Waals surface area contributed by atoms with Gasteiger partial charge in [0.25, 0.3) is 0 Å². The molecule has 0 aliphatic carbocycles. The van der Waals surface area contributed by atoms with Gasteiger partial charge in [0, 0.05) is 43.1 Å². The maximum absolute atomic E-state index is 5.68. The van der Waals surface area contributed by atoms with Gasteiger partial charge in [0.15, 0.2) is 0 Å². The van der Waals surface area contributed by atoms with Gasteiger partial charge >= 0.3 is 0 Å². The lowest BCUT2D eigenvalue weighted by atomic mass is 10.2. The maximum Gasteiger partial charge on any atom is 0.147 e. The average molecular weight is 336 g/mol. The molecule has 2 aromatic rings. The second-order valence-electron chi connectivity index (χ2n) is 5.39. The number of nitrogens with one attached hydrogen (secondary N) is 2. The van der Waals surface area contributed by atoms with E-state index >= 15 is 0 Å². The van der Waals surface area contributed by atoms with E-state index in [1.165, 1.54) is 0 Å². The van der Waals surface area contributed by atoms with E-state index in [9.17, 15) is 0 Å². The summed E-state index contributed by atoms with van der Waals surface area (Å²) in [6.07, 6.45) is 3.70. The van der Waals surface area contributed by atoms with Gasteiger partial charge in [-0.1, -0.05) is 6.58 Å². The van der Waals surface area contributed by atoms with Crippen LogP contribution in [0.5, 0.6) is 0 Å². The van der Waals surface area contributed by atoms with E-state index in [-0.39, 0.29) is 0 Å². The molecular weight excluding hydrogens is 312 g/mol. The SMILES string of the molecule is C=C(N=Nc1ccc(Nc2ccc(N)cc2)cc1)N(C)C=CNCC. The van der Waals surface area contributed by atoms with Crippen LogP contribution in [0.4, 0.5) is 22.7 Å². The third-order valence-corrected chi connectivity index (χ3v) is 3.37. The van der Waals surface area contributed by atoms with Crippen LogP contribution < -0.4 is 16.4 Å². The summed E-state index contributed by atoms with van der Waals surface area (Å²) >= 11 is 0. The number of nitrogens with two attached hydrogens (primary N) is 1. The molecule has 0 fully saturated rings. The monoisotopic (exact) mass is 336 g/mol. The van der Waals surface area contributed by atoms with Crippen molar-refractivity contribution < 1.29 is 0 Å². The molecule has 6 nitrogen and oxygen atoms in total. The molecule has 0 bridgehead atoms. The van der Waals surface area contributed by atoms with Crippen molar-refractivity contribution in [1.82, 2.24) is 10.2 Å². The van der Waals surface area contributed by atoms with Gasteiger partial charge in [-0.25, -0.2) is 0 Å². The molecule has 0 atom stereocenters. The summed E-state index contributed by atoms with van der Waals surface area (Å²) in [4.78, 5) is 1.79. The zero-order valence-electron chi connectivity index (χ0n) is 14.6. The lowest BCUT2D eigenvalue weighted by Gasteiger charge is -2.11. The summed E-state index contributed by atoms with van der Waals surface area (Å²) in [6.45, 7) is 6.80. The lowest BCUT2D eigenvalue weighted by molar-refractivity contribution is 0.552. The minimum Gasteiger partial charge on any atom is -0.399 e. The van der Waals surface area contributed by atoms with Crippen LogP contribution in [0.1, 0.15) is 6.92 Å². The Balaban J connectivity index is 1.93. The van der Waals surface area contributed by atoms with Crippen LogP contribution in [0.25, 0.3) is 0 Å². The van der Waals surface area contributed by atoms with Crippen molar-refractivity contribution in [3.63, 3.8) is 0 Å². The number of rotatable bonds is 8. The summed E-state index contributed by atoms with van der Waals surface area (Å²) in [5.41, 5.74) is 9.13. The summed E-state index contributed by atoms with van der Waals surface area (Å²) < 4.78 is 0. The molecule has 0 spiro atoms. The number of nitrogen functional groups attached to an aromatic ring is 1. The highest BCUT2D eigenvalue weighted by Gasteiger charge is 1.98. The molecule has 2 rings (SSSR count). The van der Waals surface area contributed by atoms with Gasteiger partial charge in [0.1, 0.15) is 5.82 Å². The number of hydrogen-bond donors (Lipinski definition) is 3. The Bertz CT molecular complexity index is 732. The van der Waals surface area contributed by atoms with Crippen LogP contribution in [0.3, 0.4) is 0 Å². The highest BCUT2D eigenvalue weighted by Crippen LogP contribution is 2.21. The molecule has 6 heteroatoms. The first-order valence-electron chi connectivity index (χ1n) is 8.04. The molecule has 130 valence electrons. The van der Waals surface area contributed by atoms with Crippen molar-refractivity contribution in [2.24, 2.45) is 10.2 Å². The van der Waals surface area contributed by atoms with Crippen LogP contribution in [0, 0.1) is 0 Å².